The SMILES string of the molecule is O=C(O)CCC(=O)c1ccc(-c2cccc([N+](=O)[O-])c2)cc1. The first-order valence-electron chi connectivity index (χ1n) is 6.57. The summed E-state index contributed by atoms with van der Waals surface area (Å²) < 4.78 is 0. The second-order valence-electron chi connectivity index (χ2n) is 4.70. The van der Waals surface area contributed by atoms with Gasteiger partial charge < -0.3 is 5.11 Å². The highest BCUT2D eigenvalue weighted by molar-refractivity contribution is 5.97. The smallest absolute Gasteiger partial charge is 0.303 e. The van der Waals surface area contributed by atoms with Crippen molar-refractivity contribution in [3.8, 4) is 11.1 Å². The van der Waals surface area contributed by atoms with Crippen LogP contribution in [0.4, 0.5) is 5.69 Å². The Morgan fingerprint density at radius 2 is 1.68 bits per heavy atom. The van der Waals surface area contributed by atoms with E-state index in [1.165, 1.54) is 12.1 Å². The average Bonchev–Trinajstić information content (AvgIpc) is 2.53. The van der Waals surface area contributed by atoms with Gasteiger partial charge in [-0.05, 0) is 11.1 Å². The summed E-state index contributed by atoms with van der Waals surface area (Å²) in [5.74, 6) is -1.26. The Morgan fingerprint density at radius 3 is 2.27 bits per heavy atom. The van der Waals surface area contributed by atoms with E-state index in [1.54, 1.807) is 36.4 Å². The van der Waals surface area contributed by atoms with Gasteiger partial charge in [0.15, 0.2) is 5.78 Å². The number of carboxylic acids is 1. The Hall–Kier alpha value is -3.02. The lowest BCUT2D eigenvalue weighted by molar-refractivity contribution is -0.384. The minimum absolute atomic E-state index is 0.000823. The highest BCUT2D eigenvalue weighted by Crippen LogP contribution is 2.24. The summed E-state index contributed by atoms with van der Waals surface area (Å²) in [6.07, 6.45) is -0.253. The van der Waals surface area contributed by atoms with E-state index < -0.39 is 10.9 Å². The molecule has 22 heavy (non-hydrogen) atoms. The summed E-state index contributed by atoms with van der Waals surface area (Å²) in [5, 5.41) is 19.3. The number of hydrogen-bond donors (Lipinski definition) is 1. The van der Waals surface area contributed by atoms with Crippen molar-refractivity contribution in [2.45, 2.75) is 12.8 Å². The quantitative estimate of drug-likeness (QED) is 0.501. The van der Waals surface area contributed by atoms with Crippen molar-refractivity contribution in [1.29, 1.82) is 0 Å². The number of aliphatic carboxylic acids is 1. The van der Waals surface area contributed by atoms with Crippen LogP contribution in [0.3, 0.4) is 0 Å². The summed E-state index contributed by atoms with van der Waals surface area (Å²) in [6.45, 7) is 0. The van der Waals surface area contributed by atoms with Gasteiger partial charge in [0.1, 0.15) is 0 Å². The van der Waals surface area contributed by atoms with Gasteiger partial charge in [-0.1, -0.05) is 36.4 Å². The normalized spacial score (nSPS) is 10.2. The molecular formula is C16H13NO5. The number of carbonyl (C=O) groups is 2. The molecule has 0 atom stereocenters. The number of nitro groups is 1. The molecule has 0 amide bonds. The van der Waals surface area contributed by atoms with Gasteiger partial charge in [-0.15, -0.1) is 0 Å². The molecule has 6 heteroatoms. The number of carboxylic acid groups (broad SMARTS) is 1. The van der Waals surface area contributed by atoms with Crippen molar-refractivity contribution in [2.75, 3.05) is 0 Å². The molecule has 2 aromatic carbocycles. The molecule has 0 fully saturated rings. The summed E-state index contributed by atoms with van der Waals surface area (Å²) >= 11 is 0. The number of non-ortho nitro benzene ring substituents is 1. The van der Waals surface area contributed by atoms with E-state index in [-0.39, 0.29) is 24.3 Å². The molecule has 0 aliphatic heterocycles. The fraction of sp³-hybridized carbons (Fsp3) is 0.125. The summed E-state index contributed by atoms with van der Waals surface area (Å²) in [4.78, 5) is 32.5. The molecule has 0 aromatic heterocycles. The minimum Gasteiger partial charge on any atom is -0.481 e. The highest BCUT2D eigenvalue weighted by atomic mass is 16.6. The molecule has 0 aliphatic carbocycles. The number of nitro benzene ring substituents is 1. The molecule has 0 unspecified atom stereocenters. The zero-order valence-electron chi connectivity index (χ0n) is 11.6. The first-order chi connectivity index (χ1) is 10.5. The fourth-order valence-corrected chi connectivity index (χ4v) is 2.01. The maximum Gasteiger partial charge on any atom is 0.303 e. The zero-order chi connectivity index (χ0) is 16.1. The van der Waals surface area contributed by atoms with Crippen molar-refractivity contribution in [1.82, 2.24) is 0 Å². The van der Waals surface area contributed by atoms with Crippen molar-refractivity contribution in [3.63, 3.8) is 0 Å². The van der Waals surface area contributed by atoms with Crippen LogP contribution in [0.25, 0.3) is 11.1 Å². The first-order valence-corrected chi connectivity index (χ1v) is 6.57. The van der Waals surface area contributed by atoms with Gasteiger partial charge >= 0.3 is 5.97 Å². The van der Waals surface area contributed by atoms with Crippen molar-refractivity contribution >= 4 is 17.4 Å². The third kappa shape index (κ3) is 3.76. The van der Waals surface area contributed by atoms with Crippen LogP contribution < -0.4 is 0 Å². The van der Waals surface area contributed by atoms with Crippen LogP contribution in [0.15, 0.2) is 48.5 Å². The first kappa shape index (κ1) is 15.4. The number of Topliss-reactive ketones (excluding diaryl/α,β-unsaturated/α-hetero) is 1. The molecule has 0 saturated heterocycles. The largest absolute Gasteiger partial charge is 0.481 e. The lowest BCUT2D eigenvalue weighted by atomic mass is 10.0. The van der Waals surface area contributed by atoms with E-state index >= 15 is 0 Å². The monoisotopic (exact) mass is 299 g/mol. The number of ketones is 1. The molecule has 0 radical (unpaired) electrons. The van der Waals surface area contributed by atoms with Crippen molar-refractivity contribution < 1.29 is 19.6 Å². The van der Waals surface area contributed by atoms with E-state index in [1.807, 2.05) is 0 Å². The number of carbonyl (C=O) groups excluding carboxylic acids is 1. The molecule has 1 N–H and O–H groups in total. The lowest BCUT2D eigenvalue weighted by Crippen LogP contribution is -2.03. The van der Waals surface area contributed by atoms with Gasteiger partial charge in [0.05, 0.1) is 11.3 Å². The Bertz CT molecular complexity index is 722. The van der Waals surface area contributed by atoms with Crippen molar-refractivity contribution in [2.24, 2.45) is 0 Å². The topological polar surface area (TPSA) is 97.5 Å². The summed E-state index contributed by atoms with van der Waals surface area (Å²) in [6, 6.07) is 12.8. The van der Waals surface area contributed by atoms with Gasteiger partial charge in [0.2, 0.25) is 0 Å². The van der Waals surface area contributed by atoms with Crippen LogP contribution in [0, 0.1) is 10.1 Å². The van der Waals surface area contributed by atoms with Crippen LogP contribution in [-0.4, -0.2) is 21.8 Å². The Kier molecular flexibility index (Phi) is 4.63. The zero-order valence-corrected chi connectivity index (χ0v) is 11.6. The molecule has 0 saturated carbocycles. The fourth-order valence-electron chi connectivity index (χ4n) is 2.01. The van der Waals surface area contributed by atoms with E-state index in [9.17, 15) is 19.7 Å². The van der Waals surface area contributed by atoms with Gasteiger partial charge in [0.25, 0.3) is 5.69 Å². The van der Waals surface area contributed by atoms with Gasteiger partial charge in [-0.25, -0.2) is 0 Å². The van der Waals surface area contributed by atoms with Crippen LogP contribution in [0.5, 0.6) is 0 Å². The van der Waals surface area contributed by atoms with Crippen LogP contribution in [-0.2, 0) is 4.79 Å². The summed E-state index contributed by atoms with van der Waals surface area (Å²) in [7, 11) is 0. The molecule has 0 bridgehead atoms. The number of nitrogens with zero attached hydrogens (tertiary/aromatic N) is 1. The molecule has 0 aliphatic rings. The number of hydrogen-bond acceptors (Lipinski definition) is 4. The van der Waals surface area contributed by atoms with Crippen LogP contribution in [0.1, 0.15) is 23.2 Å². The molecule has 112 valence electrons. The second-order valence-corrected chi connectivity index (χ2v) is 4.70. The van der Waals surface area contributed by atoms with Gasteiger partial charge in [-0.2, -0.15) is 0 Å². The average molecular weight is 299 g/mol. The Morgan fingerprint density at radius 1 is 1.00 bits per heavy atom. The predicted octanol–water partition coefficient (Wildman–Crippen LogP) is 3.31. The van der Waals surface area contributed by atoms with E-state index in [0.717, 1.165) is 5.56 Å². The van der Waals surface area contributed by atoms with E-state index in [2.05, 4.69) is 0 Å². The molecular weight excluding hydrogens is 286 g/mol. The second kappa shape index (κ2) is 6.62. The Balaban J connectivity index is 2.18. The molecule has 6 nitrogen and oxygen atoms in total. The standard InChI is InChI=1S/C16H13NO5/c18-15(8-9-16(19)20)12-6-4-11(5-7-12)13-2-1-3-14(10-13)17(21)22/h1-7,10H,8-9H2,(H,19,20). The third-order valence-electron chi connectivity index (χ3n) is 3.16. The maximum absolute atomic E-state index is 11.8. The van der Waals surface area contributed by atoms with Crippen molar-refractivity contribution in [3.05, 3.63) is 64.2 Å². The van der Waals surface area contributed by atoms with E-state index in [4.69, 9.17) is 5.11 Å². The number of rotatable bonds is 6. The third-order valence-corrected chi connectivity index (χ3v) is 3.16. The van der Waals surface area contributed by atoms with Gasteiger partial charge in [0, 0.05) is 24.1 Å². The van der Waals surface area contributed by atoms with E-state index in [0.29, 0.717) is 11.1 Å². The number of benzene rings is 2. The Labute approximate surface area is 126 Å². The summed E-state index contributed by atoms with van der Waals surface area (Å²) in [5.41, 5.74) is 1.85. The van der Waals surface area contributed by atoms with Crippen LogP contribution >= 0.6 is 0 Å². The minimum atomic E-state index is -1.01. The predicted molar refractivity (Wildman–Crippen MR) is 79.7 cm³/mol. The molecule has 0 heterocycles. The maximum atomic E-state index is 11.8. The molecule has 0 spiro atoms. The van der Waals surface area contributed by atoms with Gasteiger partial charge in [-0.3, -0.25) is 19.7 Å². The highest BCUT2D eigenvalue weighted by Gasteiger charge is 2.10. The lowest BCUT2D eigenvalue weighted by Gasteiger charge is -2.04. The molecule has 2 aromatic rings. The molecule has 2 rings (SSSR count). The van der Waals surface area contributed by atoms with Crippen LogP contribution in [0.2, 0.25) is 0 Å².